The van der Waals surface area contributed by atoms with E-state index in [4.69, 9.17) is 0 Å². The molecule has 1 heterocycles. The first-order valence-corrected chi connectivity index (χ1v) is 6.65. The highest BCUT2D eigenvalue weighted by Crippen LogP contribution is 2.11. The molecule has 0 aliphatic carbocycles. The molecule has 0 aliphatic rings. The van der Waals surface area contributed by atoms with Gasteiger partial charge >= 0.3 is 0 Å². The Morgan fingerprint density at radius 3 is 2.68 bits per heavy atom. The summed E-state index contributed by atoms with van der Waals surface area (Å²) in [4.78, 5) is 16.0. The molecule has 4 nitrogen and oxygen atoms in total. The largest absolute Gasteiger partial charge is 0.373 e. The summed E-state index contributed by atoms with van der Waals surface area (Å²) in [6, 6.07) is 11.3. The van der Waals surface area contributed by atoms with Crippen molar-refractivity contribution in [3.63, 3.8) is 0 Å². The lowest BCUT2D eigenvalue weighted by molar-refractivity contribution is 0.0951. The summed E-state index contributed by atoms with van der Waals surface area (Å²) in [6.45, 7) is 0.503. The van der Waals surface area contributed by atoms with Crippen LogP contribution in [0, 0.1) is 0 Å². The monoisotopic (exact) mass is 319 g/mol. The van der Waals surface area contributed by atoms with Gasteiger partial charge in [0.05, 0.1) is 0 Å². The number of carbonyl (C=O) groups excluding carboxylic acids is 1. The van der Waals surface area contributed by atoms with E-state index in [-0.39, 0.29) is 5.91 Å². The van der Waals surface area contributed by atoms with Gasteiger partial charge in [0, 0.05) is 29.8 Å². The normalized spacial score (nSPS) is 10.0. The van der Waals surface area contributed by atoms with Gasteiger partial charge in [0.1, 0.15) is 5.82 Å². The van der Waals surface area contributed by atoms with Gasteiger partial charge in [-0.3, -0.25) is 4.79 Å². The number of carbonyl (C=O) groups is 1. The maximum atomic E-state index is 12.0. The molecule has 0 saturated heterocycles. The third-order valence-electron chi connectivity index (χ3n) is 2.64. The fraction of sp³-hybridized carbons (Fsp3) is 0.143. The lowest BCUT2D eigenvalue weighted by atomic mass is 10.2. The van der Waals surface area contributed by atoms with Crippen molar-refractivity contribution in [1.82, 2.24) is 10.3 Å². The van der Waals surface area contributed by atoms with E-state index in [1.165, 1.54) is 0 Å². The van der Waals surface area contributed by atoms with Gasteiger partial charge in [-0.1, -0.05) is 28.1 Å². The Hall–Kier alpha value is -1.88. The summed E-state index contributed by atoms with van der Waals surface area (Å²) >= 11 is 3.38. The first-order chi connectivity index (χ1) is 9.19. The molecule has 0 unspecified atom stereocenters. The number of amides is 1. The fourth-order valence-electron chi connectivity index (χ4n) is 1.60. The van der Waals surface area contributed by atoms with Crippen molar-refractivity contribution in [3.8, 4) is 0 Å². The number of hydrogen-bond acceptors (Lipinski definition) is 3. The smallest absolute Gasteiger partial charge is 0.251 e. The van der Waals surface area contributed by atoms with Crippen LogP contribution in [0.2, 0.25) is 0 Å². The number of pyridine rings is 1. The van der Waals surface area contributed by atoms with E-state index in [0.29, 0.717) is 17.9 Å². The van der Waals surface area contributed by atoms with E-state index in [9.17, 15) is 4.79 Å². The van der Waals surface area contributed by atoms with Crippen molar-refractivity contribution in [2.45, 2.75) is 6.54 Å². The van der Waals surface area contributed by atoms with E-state index in [1.807, 2.05) is 24.3 Å². The molecule has 2 rings (SSSR count). The average molecular weight is 320 g/mol. The number of rotatable bonds is 4. The van der Waals surface area contributed by atoms with Gasteiger partial charge in [0.2, 0.25) is 0 Å². The molecule has 19 heavy (non-hydrogen) atoms. The van der Waals surface area contributed by atoms with E-state index in [2.05, 4.69) is 31.5 Å². The van der Waals surface area contributed by atoms with Crippen LogP contribution < -0.4 is 10.6 Å². The van der Waals surface area contributed by atoms with Gasteiger partial charge in [0.15, 0.2) is 0 Å². The SMILES string of the molecule is CNc1cc(C(=O)NCc2ccc(Br)cc2)ccn1. The van der Waals surface area contributed by atoms with Gasteiger partial charge in [-0.05, 0) is 29.8 Å². The molecule has 1 amide bonds. The second-order valence-corrected chi connectivity index (χ2v) is 4.90. The minimum Gasteiger partial charge on any atom is -0.373 e. The molecule has 0 atom stereocenters. The van der Waals surface area contributed by atoms with Gasteiger partial charge in [-0.25, -0.2) is 4.98 Å². The Labute approximate surface area is 120 Å². The first kappa shape index (κ1) is 13.5. The molecule has 98 valence electrons. The van der Waals surface area contributed by atoms with Crippen LogP contribution in [-0.2, 0) is 6.54 Å². The molecule has 1 aromatic carbocycles. The van der Waals surface area contributed by atoms with E-state index in [1.54, 1.807) is 25.4 Å². The first-order valence-electron chi connectivity index (χ1n) is 5.85. The van der Waals surface area contributed by atoms with Crippen LogP contribution in [0.4, 0.5) is 5.82 Å². The van der Waals surface area contributed by atoms with Crippen molar-refractivity contribution in [1.29, 1.82) is 0 Å². The number of benzene rings is 1. The molecule has 1 aromatic heterocycles. The van der Waals surface area contributed by atoms with E-state index < -0.39 is 0 Å². The molecular weight excluding hydrogens is 306 g/mol. The molecule has 0 fully saturated rings. The zero-order valence-corrected chi connectivity index (χ0v) is 12.1. The van der Waals surface area contributed by atoms with Crippen molar-refractivity contribution < 1.29 is 4.79 Å². The molecule has 0 bridgehead atoms. The van der Waals surface area contributed by atoms with Crippen molar-refractivity contribution >= 4 is 27.7 Å². The Balaban J connectivity index is 1.99. The lowest BCUT2D eigenvalue weighted by Crippen LogP contribution is -2.22. The molecule has 0 spiro atoms. The Kier molecular flexibility index (Phi) is 4.52. The van der Waals surface area contributed by atoms with Crippen LogP contribution in [0.3, 0.4) is 0 Å². The maximum Gasteiger partial charge on any atom is 0.251 e. The minimum absolute atomic E-state index is 0.109. The summed E-state index contributed by atoms with van der Waals surface area (Å²) in [6.07, 6.45) is 1.61. The molecular formula is C14H14BrN3O. The highest BCUT2D eigenvalue weighted by atomic mass is 79.9. The van der Waals surface area contributed by atoms with Gasteiger partial charge < -0.3 is 10.6 Å². The maximum absolute atomic E-state index is 12.0. The standard InChI is InChI=1S/C14H14BrN3O/c1-16-13-8-11(6-7-17-13)14(19)18-9-10-2-4-12(15)5-3-10/h2-8H,9H2,1H3,(H,16,17)(H,18,19). The third-order valence-corrected chi connectivity index (χ3v) is 3.17. The number of hydrogen-bond donors (Lipinski definition) is 2. The summed E-state index contributed by atoms with van der Waals surface area (Å²) in [5, 5.41) is 5.78. The number of anilines is 1. The second kappa shape index (κ2) is 6.33. The summed E-state index contributed by atoms with van der Waals surface area (Å²) in [7, 11) is 1.77. The van der Waals surface area contributed by atoms with Gasteiger partial charge in [-0.2, -0.15) is 0 Å². The summed E-state index contributed by atoms with van der Waals surface area (Å²) < 4.78 is 1.02. The third kappa shape index (κ3) is 3.79. The molecule has 0 radical (unpaired) electrons. The predicted molar refractivity (Wildman–Crippen MR) is 79.1 cm³/mol. The van der Waals surface area contributed by atoms with Crippen molar-refractivity contribution in [3.05, 3.63) is 58.2 Å². The topological polar surface area (TPSA) is 54.0 Å². The Morgan fingerprint density at radius 1 is 1.26 bits per heavy atom. The lowest BCUT2D eigenvalue weighted by Gasteiger charge is -2.06. The molecule has 5 heteroatoms. The van der Waals surface area contributed by atoms with Crippen LogP contribution in [0.25, 0.3) is 0 Å². The molecule has 0 aliphatic heterocycles. The summed E-state index contributed by atoms with van der Waals surface area (Å²) in [5.41, 5.74) is 1.65. The van der Waals surface area contributed by atoms with Gasteiger partial charge in [0.25, 0.3) is 5.91 Å². The van der Waals surface area contributed by atoms with Crippen molar-refractivity contribution in [2.24, 2.45) is 0 Å². The average Bonchev–Trinajstić information content (AvgIpc) is 2.46. The summed E-state index contributed by atoms with van der Waals surface area (Å²) in [5.74, 6) is 0.568. The van der Waals surface area contributed by atoms with Gasteiger partial charge in [-0.15, -0.1) is 0 Å². The zero-order chi connectivity index (χ0) is 13.7. The predicted octanol–water partition coefficient (Wildman–Crippen LogP) is 2.82. The highest BCUT2D eigenvalue weighted by molar-refractivity contribution is 9.10. The number of nitrogens with one attached hydrogen (secondary N) is 2. The Morgan fingerprint density at radius 2 is 2.00 bits per heavy atom. The van der Waals surface area contributed by atoms with Crippen LogP contribution >= 0.6 is 15.9 Å². The zero-order valence-electron chi connectivity index (χ0n) is 10.5. The number of nitrogens with zero attached hydrogens (tertiary/aromatic N) is 1. The van der Waals surface area contributed by atoms with Crippen LogP contribution in [-0.4, -0.2) is 17.9 Å². The second-order valence-electron chi connectivity index (χ2n) is 3.99. The van der Waals surface area contributed by atoms with Crippen LogP contribution in [0.1, 0.15) is 15.9 Å². The molecule has 0 saturated carbocycles. The number of halogens is 1. The van der Waals surface area contributed by atoms with E-state index >= 15 is 0 Å². The van der Waals surface area contributed by atoms with Crippen molar-refractivity contribution in [2.75, 3.05) is 12.4 Å². The fourth-order valence-corrected chi connectivity index (χ4v) is 1.86. The molecule has 2 aromatic rings. The minimum atomic E-state index is -0.109. The number of aromatic nitrogens is 1. The Bertz CT molecular complexity index is 569. The highest BCUT2D eigenvalue weighted by Gasteiger charge is 2.06. The van der Waals surface area contributed by atoms with Crippen LogP contribution in [0.15, 0.2) is 47.1 Å². The quantitative estimate of drug-likeness (QED) is 0.911. The van der Waals surface area contributed by atoms with E-state index in [0.717, 1.165) is 10.0 Å². The molecule has 2 N–H and O–H groups in total. The van der Waals surface area contributed by atoms with Crippen LogP contribution in [0.5, 0.6) is 0 Å².